The van der Waals surface area contributed by atoms with E-state index >= 15 is 0 Å². The number of nitrogen functional groups attached to an aromatic ring is 1. The Morgan fingerprint density at radius 2 is 1.97 bits per heavy atom. The van der Waals surface area contributed by atoms with Crippen molar-refractivity contribution in [2.24, 2.45) is 5.14 Å². The van der Waals surface area contributed by atoms with E-state index in [9.17, 15) is 13.2 Å². The lowest BCUT2D eigenvalue weighted by molar-refractivity contribution is 0.0527. The Labute approximate surface area is 174 Å². The van der Waals surface area contributed by atoms with E-state index < -0.39 is 15.7 Å². The van der Waals surface area contributed by atoms with E-state index in [0.29, 0.717) is 31.4 Å². The van der Waals surface area contributed by atoms with Crippen molar-refractivity contribution in [3.8, 4) is 0 Å². The number of rotatable bonds is 9. The summed E-state index contributed by atoms with van der Waals surface area (Å²) in [5, 5.41) is 11.5. The van der Waals surface area contributed by atoms with Crippen molar-refractivity contribution in [3.63, 3.8) is 0 Å². The molecule has 0 amide bonds. The SMILES string of the molecule is CCO[C@H](CNC(=S)NCc1ccc(S(N)(=O)=O)cc1)Cn1ccc(N)nc1=O. The lowest BCUT2D eigenvalue weighted by atomic mass is 10.2. The number of thiocarbonyl (C=S) groups is 1. The maximum Gasteiger partial charge on any atom is 0.349 e. The Bertz CT molecular complexity index is 992. The van der Waals surface area contributed by atoms with Gasteiger partial charge in [0.2, 0.25) is 10.0 Å². The third-order valence-corrected chi connectivity index (χ3v) is 5.11. The van der Waals surface area contributed by atoms with Gasteiger partial charge in [0.1, 0.15) is 5.82 Å². The van der Waals surface area contributed by atoms with Gasteiger partial charge in [-0.25, -0.2) is 18.4 Å². The normalized spacial score (nSPS) is 12.3. The van der Waals surface area contributed by atoms with Gasteiger partial charge in [-0.1, -0.05) is 12.1 Å². The van der Waals surface area contributed by atoms with Crippen molar-refractivity contribution in [1.82, 2.24) is 20.2 Å². The molecule has 0 radical (unpaired) electrons. The smallest absolute Gasteiger partial charge is 0.349 e. The summed E-state index contributed by atoms with van der Waals surface area (Å²) >= 11 is 5.26. The number of sulfonamides is 1. The molecule has 1 aromatic carbocycles. The van der Waals surface area contributed by atoms with Gasteiger partial charge in [0.05, 0.1) is 17.5 Å². The van der Waals surface area contributed by atoms with Crippen LogP contribution in [0.25, 0.3) is 0 Å². The molecule has 0 spiro atoms. The Hall–Kier alpha value is -2.54. The number of benzene rings is 1. The number of ether oxygens (including phenoxy) is 1. The van der Waals surface area contributed by atoms with Gasteiger partial charge in [-0.3, -0.25) is 4.57 Å². The van der Waals surface area contributed by atoms with Gasteiger partial charge in [0, 0.05) is 25.9 Å². The zero-order chi connectivity index (χ0) is 21.4. The molecule has 12 heteroatoms. The minimum absolute atomic E-state index is 0.0499. The third kappa shape index (κ3) is 7.42. The molecular weight excluding hydrogens is 416 g/mol. The molecule has 2 rings (SSSR count). The van der Waals surface area contributed by atoms with Crippen molar-refractivity contribution in [2.45, 2.75) is 31.0 Å². The lowest BCUT2D eigenvalue weighted by Crippen LogP contribution is -2.42. The molecule has 2 aromatic rings. The Balaban J connectivity index is 1.86. The summed E-state index contributed by atoms with van der Waals surface area (Å²) in [6, 6.07) is 7.72. The highest BCUT2D eigenvalue weighted by Gasteiger charge is 2.12. The van der Waals surface area contributed by atoms with E-state index in [0.717, 1.165) is 5.56 Å². The zero-order valence-corrected chi connectivity index (χ0v) is 17.5. The highest BCUT2D eigenvalue weighted by molar-refractivity contribution is 7.89. The van der Waals surface area contributed by atoms with E-state index in [-0.39, 0.29) is 16.8 Å². The molecule has 1 heterocycles. The number of nitrogens with two attached hydrogens (primary N) is 2. The number of primary sulfonamides is 1. The summed E-state index contributed by atoms with van der Waals surface area (Å²) in [5.74, 6) is 0.166. The maximum atomic E-state index is 11.9. The number of hydrogen-bond donors (Lipinski definition) is 4. The molecule has 0 bridgehead atoms. The molecule has 0 aliphatic rings. The zero-order valence-electron chi connectivity index (χ0n) is 15.9. The fourth-order valence-electron chi connectivity index (χ4n) is 2.46. The van der Waals surface area contributed by atoms with Gasteiger partial charge in [-0.15, -0.1) is 0 Å². The molecule has 0 saturated carbocycles. The predicted octanol–water partition coefficient (Wildman–Crippen LogP) is -0.458. The van der Waals surface area contributed by atoms with Crippen LogP contribution in [-0.4, -0.2) is 42.3 Å². The average Bonchev–Trinajstić information content (AvgIpc) is 2.66. The largest absolute Gasteiger partial charge is 0.383 e. The average molecular weight is 441 g/mol. The highest BCUT2D eigenvalue weighted by Crippen LogP contribution is 2.08. The van der Waals surface area contributed by atoms with Crippen molar-refractivity contribution < 1.29 is 13.2 Å². The van der Waals surface area contributed by atoms with Crippen LogP contribution in [0.1, 0.15) is 12.5 Å². The van der Waals surface area contributed by atoms with Gasteiger partial charge >= 0.3 is 5.69 Å². The first kappa shape index (κ1) is 22.7. The van der Waals surface area contributed by atoms with E-state index in [1.54, 1.807) is 24.4 Å². The fourth-order valence-corrected chi connectivity index (χ4v) is 3.13. The van der Waals surface area contributed by atoms with Crippen molar-refractivity contribution in [3.05, 3.63) is 52.6 Å². The minimum atomic E-state index is -3.71. The molecule has 0 unspecified atom stereocenters. The van der Waals surface area contributed by atoms with Crippen molar-refractivity contribution >= 4 is 33.2 Å². The predicted molar refractivity (Wildman–Crippen MR) is 114 cm³/mol. The summed E-state index contributed by atoms with van der Waals surface area (Å²) in [6.45, 7) is 3.40. The molecule has 0 aliphatic carbocycles. The Morgan fingerprint density at radius 3 is 2.55 bits per heavy atom. The van der Waals surface area contributed by atoms with Crippen LogP contribution in [0.5, 0.6) is 0 Å². The van der Waals surface area contributed by atoms with Gasteiger partial charge in [-0.05, 0) is 42.9 Å². The van der Waals surface area contributed by atoms with E-state index in [1.165, 1.54) is 16.7 Å². The van der Waals surface area contributed by atoms with Crippen LogP contribution < -0.4 is 27.2 Å². The monoisotopic (exact) mass is 440 g/mol. The Morgan fingerprint density at radius 1 is 1.28 bits per heavy atom. The van der Waals surface area contributed by atoms with Crippen LogP contribution in [0, 0.1) is 0 Å². The first-order valence-corrected chi connectivity index (χ1v) is 10.7. The number of aromatic nitrogens is 2. The number of anilines is 1. The molecule has 1 aromatic heterocycles. The van der Waals surface area contributed by atoms with Crippen molar-refractivity contribution in [2.75, 3.05) is 18.9 Å². The van der Waals surface area contributed by atoms with E-state index in [2.05, 4.69) is 15.6 Å². The van der Waals surface area contributed by atoms with Crippen LogP contribution in [0.15, 0.2) is 46.2 Å². The summed E-state index contributed by atoms with van der Waals surface area (Å²) in [6.07, 6.45) is 1.26. The van der Waals surface area contributed by atoms with Crippen LogP contribution in [0.4, 0.5) is 5.82 Å². The second-order valence-electron chi connectivity index (χ2n) is 6.12. The van der Waals surface area contributed by atoms with Gasteiger partial charge in [-0.2, -0.15) is 4.98 Å². The standard InChI is InChI=1S/C17H24N6O4S2/c1-2-27-13(11-23-8-7-15(18)22-17(23)24)10-21-16(28)20-9-12-3-5-14(6-4-12)29(19,25)26/h3-8,13H,2,9-11H2,1H3,(H2,18,22,24)(H2,19,25,26)(H2,20,21,28)/t13-/m1/s1. The van der Waals surface area contributed by atoms with Gasteiger partial charge in [0.25, 0.3) is 0 Å². The molecule has 0 fully saturated rings. The number of hydrogen-bond acceptors (Lipinski definition) is 7. The van der Waals surface area contributed by atoms with Gasteiger partial charge < -0.3 is 21.1 Å². The first-order chi connectivity index (χ1) is 13.7. The highest BCUT2D eigenvalue weighted by atomic mass is 32.2. The fraction of sp³-hybridized carbons (Fsp3) is 0.353. The van der Waals surface area contributed by atoms with Crippen LogP contribution in [0.2, 0.25) is 0 Å². The van der Waals surface area contributed by atoms with Crippen LogP contribution >= 0.6 is 12.2 Å². The van der Waals surface area contributed by atoms with Crippen LogP contribution in [-0.2, 0) is 27.8 Å². The van der Waals surface area contributed by atoms with Gasteiger partial charge in [0.15, 0.2) is 5.11 Å². The molecule has 29 heavy (non-hydrogen) atoms. The number of nitrogens with one attached hydrogen (secondary N) is 2. The van der Waals surface area contributed by atoms with Crippen LogP contribution in [0.3, 0.4) is 0 Å². The third-order valence-electron chi connectivity index (χ3n) is 3.89. The first-order valence-electron chi connectivity index (χ1n) is 8.77. The summed E-state index contributed by atoms with van der Waals surface area (Å²) in [5.41, 5.74) is 5.89. The molecular formula is C17H24N6O4S2. The topological polar surface area (TPSA) is 154 Å². The lowest BCUT2D eigenvalue weighted by Gasteiger charge is -2.20. The minimum Gasteiger partial charge on any atom is -0.383 e. The quantitative estimate of drug-likeness (QED) is 0.379. The Kier molecular flexibility index (Phi) is 8.08. The summed E-state index contributed by atoms with van der Waals surface area (Å²) in [7, 11) is -3.71. The molecule has 6 N–H and O–H groups in total. The molecule has 1 atom stereocenters. The molecule has 0 aliphatic heterocycles. The summed E-state index contributed by atoms with van der Waals surface area (Å²) < 4.78 is 29.6. The summed E-state index contributed by atoms with van der Waals surface area (Å²) in [4.78, 5) is 15.6. The second kappa shape index (κ2) is 10.3. The van der Waals surface area contributed by atoms with E-state index in [1.807, 2.05) is 6.92 Å². The molecule has 10 nitrogen and oxygen atoms in total. The number of nitrogens with zero attached hydrogens (tertiary/aromatic N) is 2. The molecule has 0 saturated heterocycles. The van der Waals surface area contributed by atoms with Crippen molar-refractivity contribution in [1.29, 1.82) is 0 Å². The maximum absolute atomic E-state index is 11.9. The van der Waals surface area contributed by atoms with E-state index in [4.69, 9.17) is 27.8 Å². The second-order valence-corrected chi connectivity index (χ2v) is 8.09. The molecule has 158 valence electrons.